The van der Waals surface area contributed by atoms with Crippen molar-refractivity contribution >= 4 is 0 Å². The summed E-state index contributed by atoms with van der Waals surface area (Å²) < 4.78 is 6.21. The minimum Gasteiger partial charge on any atom is -0.394 e. The first kappa shape index (κ1) is 15.2. The number of ether oxygens (including phenoxy) is 1. The van der Waals surface area contributed by atoms with Crippen molar-refractivity contribution in [2.45, 2.75) is 62.2 Å². The molecule has 1 heterocycles. The highest BCUT2D eigenvalue weighted by Gasteiger charge is 2.41. The highest BCUT2D eigenvalue weighted by Crippen LogP contribution is 2.41. The van der Waals surface area contributed by atoms with Crippen molar-refractivity contribution in [1.29, 1.82) is 0 Å². The van der Waals surface area contributed by atoms with Crippen LogP contribution in [0.1, 0.15) is 44.9 Å². The number of nitrogens with one attached hydrogen (secondary N) is 1. The van der Waals surface area contributed by atoms with Crippen LogP contribution < -0.4 is 5.32 Å². The van der Waals surface area contributed by atoms with Crippen LogP contribution in [0, 0.1) is 0 Å². The first-order valence-electron chi connectivity index (χ1n) is 7.43. The molecule has 0 amide bonds. The Morgan fingerprint density at radius 3 is 2.21 bits per heavy atom. The number of aliphatic hydroxyl groups excluding tert-OH is 3. The first-order chi connectivity index (χ1) is 9.17. The lowest BCUT2D eigenvalue weighted by atomic mass is 9.83. The molecule has 5 heteroatoms. The Kier molecular flexibility index (Phi) is 5.20. The van der Waals surface area contributed by atoms with Gasteiger partial charge in [-0.3, -0.25) is 0 Å². The summed E-state index contributed by atoms with van der Waals surface area (Å²) in [6.45, 7) is -0.267. The van der Waals surface area contributed by atoms with E-state index in [1.807, 2.05) is 0 Å². The van der Waals surface area contributed by atoms with E-state index in [1.165, 1.54) is 19.3 Å². The third-order valence-corrected chi connectivity index (χ3v) is 4.72. The molecule has 2 fully saturated rings. The maximum absolute atomic E-state index is 9.27. The average Bonchev–Trinajstić information content (AvgIpc) is 2.85. The standard InChI is InChI=1S/C14H27NO4/c16-9-13(10-17,11-18)15-8-12-4-7-14(19-12)5-2-1-3-6-14/h12,15-18H,1-11H2. The van der Waals surface area contributed by atoms with Crippen LogP contribution in [-0.2, 0) is 4.74 Å². The molecule has 1 aliphatic heterocycles. The molecule has 0 aromatic carbocycles. The van der Waals surface area contributed by atoms with E-state index in [0.29, 0.717) is 6.54 Å². The Labute approximate surface area is 115 Å². The van der Waals surface area contributed by atoms with Crippen molar-refractivity contribution in [2.75, 3.05) is 26.4 Å². The fourth-order valence-corrected chi connectivity index (χ4v) is 3.25. The smallest absolute Gasteiger partial charge is 0.0882 e. The minimum absolute atomic E-state index is 0.0882. The van der Waals surface area contributed by atoms with Gasteiger partial charge in [0.1, 0.15) is 0 Å². The van der Waals surface area contributed by atoms with E-state index in [9.17, 15) is 15.3 Å². The molecule has 0 radical (unpaired) electrons. The normalized spacial score (nSPS) is 27.0. The summed E-state index contributed by atoms with van der Waals surface area (Å²) >= 11 is 0. The molecule has 0 aromatic rings. The highest BCUT2D eigenvalue weighted by atomic mass is 16.5. The van der Waals surface area contributed by atoms with Crippen LogP contribution in [0.3, 0.4) is 0 Å². The van der Waals surface area contributed by atoms with Gasteiger partial charge in [0, 0.05) is 6.54 Å². The zero-order valence-electron chi connectivity index (χ0n) is 11.6. The molecular formula is C14H27NO4. The molecule has 4 N–H and O–H groups in total. The van der Waals surface area contributed by atoms with E-state index < -0.39 is 5.54 Å². The van der Waals surface area contributed by atoms with Gasteiger partial charge >= 0.3 is 0 Å². The number of aliphatic hydroxyl groups is 3. The second kappa shape index (κ2) is 6.50. The predicted molar refractivity (Wildman–Crippen MR) is 71.9 cm³/mol. The monoisotopic (exact) mass is 273 g/mol. The van der Waals surface area contributed by atoms with Crippen LogP contribution in [0.4, 0.5) is 0 Å². The number of hydrogen-bond donors (Lipinski definition) is 4. The van der Waals surface area contributed by atoms with Gasteiger partial charge in [-0.1, -0.05) is 19.3 Å². The second-order valence-corrected chi connectivity index (χ2v) is 6.16. The van der Waals surface area contributed by atoms with E-state index in [4.69, 9.17) is 4.74 Å². The molecule has 1 spiro atoms. The van der Waals surface area contributed by atoms with Crippen LogP contribution in [0.15, 0.2) is 0 Å². The van der Waals surface area contributed by atoms with Gasteiger partial charge in [-0.05, 0) is 25.7 Å². The molecule has 19 heavy (non-hydrogen) atoms. The van der Waals surface area contributed by atoms with Crippen LogP contribution in [-0.4, -0.2) is 58.9 Å². The Hall–Kier alpha value is -0.200. The summed E-state index contributed by atoms with van der Waals surface area (Å²) in [4.78, 5) is 0. The lowest BCUT2D eigenvalue weighted by Crippen LogP contribution is -2.56. The van der Waals surface area contributed by atoms with E-state index in [0.717, 1.165) is 25.7 Å². The molecule has 1 unspecified atom stereocenters. The van der Waals surface area contributed by atoms with Gasteiger partial charge in [0.25, 0.3) is 0 Å². The van der Waals surface area contributed by atoms with E-state index in [1.54, 1.807) is 0 Å². The highest BCUT2D eigenvalue weighted by molar-refractivity contribution is 4.94. The molecule has 5 nitrogen and oxygen atoms in total. The van der Waals surface area contributed by atoms with Crippen molar-refractivity contribution in [3.63, 3.8) is 0 Å². The van der Waals surface area contributed by atoms with Crippen molar-refractivity contribution in [3.05, 3.63) is 0 Å². The fourth-order valence-electron chi connectivity index (χ4n) is 3.25. The summed E-state index contributed by atoms with van der Waals surface area (Å²) in [6, 6.07) is 0. The summed E-state index contributed by atoms with van der Waals surface area (Å²) in [5, 5.41) is 30.9. The minimum atomic E-state index is -0.994. The maximum Gasteiger partial charge on any atom is 0.0882 e. The number of rotatable bonds is 6. The number of hydrogen-bond acceptors (Lipinski definition) is 5. The van der Waals surface area contributed by atoms with Gasteiger partial charge in [-0.15, -0.1) is 0 Å². The molecule has 1 atom stereocenters. The second-order valence-electron chi connectivity index (χ2n) is 6.16. The summed E-state index contributed by atoms with van der Waals surface area (Å²) in [5.41, 5.74) is -0.906. The van der Waals surface area contributed by atoms with Gasteiger partial charge in [0.15, 0.2) is 0 Å². The van der Waals surface area contributed by atoms with E-state index in [2.05, 4.69) is 5.32 Å². The van der Waals surface area contributed by atoms with E-state index in [-0.39, 0.29) is 31.5 Å². The molecule has 1 aliphatic carbocycles. The maximum atomic E-state index is 9.27. The zero-order valence-corrected chi connectivity index (χ0v) is 11.6. The van der Waals surface area contributed by atoms with Gasteiger partial charge in [-0.25, -0.2) is 0 Å². The van der Waals surface area contributed by atoms with Gasteiger partial charge in [0.05, 0.1) is 37.1 Å². The Bertz CT molecular complexity index is 266. The van der Waals surface area contributed by atoms with E-state index >= 15 is 0 Å². The molecule has 2 aliphatic rings. The molecule has 2 rings (SSSR count). The van der Waals surface area contributed by atoms with Crippen molar-refractivity contribution in [2.24, 2.45) is 0 Å². The lowest BCUT2D eigenvalue weighted by molar-refractivity contribution is -0.0674. The summed E-state index contributed by atoms with van der Waals surface area (Å²) in [6.07, 6.45) is 8.42. The lowest BCUT2D eigenvalue weighted by Gasteiger charge is -2.34. The van der Waals surface area contributed by atoms with Crippen LogP contribution >= 0.6 is 0 Å². The third-order valence-electron chi connectivity index (χ3n) is 4.72. The van der Waals surface area contributed by atoms with Gasteiger partial charge in [-0.2, -0.15) is 0 Å². The van der Waals surface area contributed by atoms with Crippen molar-refractivity contribution in [1.82, 2.24) is 5.32 Å². The largest absolute Gasteiger partial charge is 0.394 e. The SMILES string of the molecule is OCC(CO)(CO)NCC1CCC2(CCCCC2)O1. The first-order valence-corrected chi connectivity index (χ1v) is 7.43. The quantitative estimate of drug-likeness (QED) is 0.555. The summed E-state index contributed by atoms with van der Waals surface area (Å²) in [7, 11) is 0. The van der Waals surface area contributed by atoms with Gasteiger partial charge < -0.3 is 25.4 Å². The van der Waals surface area contributed by atoms with Crippen LogP contribution in [0.5, 0.6) is 0 Å². The molecule has 0 bridgehead atoms. The molecular weight excluding hydrogens is 246 g/mol. The van der Waals surface area contributed by atoms with Crippen molar-refractivity contribution in [3.8, 4) is 0 Å². The Morgan fingerprint density at radius 1 is 1.00 bits per heavy atom. The third kappa shape index (κ3) is 3.47. The molecule has 1 saturated carbocycles. The average molecular weight is 273 g/mol. The van der Waals surface area contributed by atoms with Crippen LogP contribution in [0.25, 0.3) is 0 Å². The Morgan fingerprint density at radius 2 is 1.63 bits per heavy atom. The van der Waals surface area contributed by atoms with Crippen molar-refractivity contribution < 1.29 is 20.1 Å². The zero-order chi connectivity index (χ0) is 13.8. The Balaban J connectivity index is 1.81. The molecule has 0 aromatic heterocycles. The molecule has 112 valence electrons. The topological polar surface area (TPSA) is 82.0 Å². The predicted octanol–water partition coefficient (Wildman–Crippen LogP) is 0.174. The van der Waals surface area contributed by atoms with Gasteiger partial charge in [0.2, 0.25) is 0 Å². The van der Waals surface area contributed by atoms with Crippen LogP contribution in [0.2, 0.25) is 0 Å². The molecule has 1 saturated heterocycles. The fraction of sp³-hybridized carbons (Fsp3) is 1.00. The summed E-state index contributed by atoms with van der Waals surface area (Å²) in [5.74, 6) is 0.